The highest BCUT2D eigenvalue weighted by Crippen LogP contribution is 2.27. The van der Waals surface area contributed by atoms with E-state index in [0.29, 0.717) is 6.54 Å². The standard InChI is InChI=1S/C17H25FN2O2S/c18-15-9-7-14(8-10-15)17(20-11-3-4-12-20)13-19-23(21,22)16-5-1-2-6-16/h7-10,16-17,19H,1-6,11-13H2. The van der Waals surface area contributed by atoms with Gasteiger partial charge >= 0.3 is 0 Å². The lowest BCUT2D eigenvalue weighted by molar-refractivity contribution is 0.246. The molecule has 1 heterocycles. The van der Waals surface area contributed by atoms with Gasteiger partial charge in [0.2, 0.25) is 10.0 Å². The van der Waals surface area contributed by atoms with Crippen LogP contribution >= 0.6 is 0 Å². The first kappa shape index (κ1) is 16.9. The Morgan fingerprint density at radius 3 is 2.30 bits per heavy atom. The van der Waals surface area contributed by atoms with E-state index >= 15 is 0 Å². The molecule has 1 aliphatic heterocycles. The maximum Gasteiger partial charge on any atom is 0.214 e. The van der Waals surface area contributed by atoms with Gasteiger partial charge in [0.15, 0.2) is 0 Å². The molecule has 1 N–H and O–H groups in total. The van der Waals surface area contributed by atoms with Crippen molar-refractivity contribution in [3.63, 3.8) is 0 Å². The summed E-state index contributed by atoms with van der Waals surface area (Å²) in [6.07, 6.45) is 5.79. The minimum absolute atomic E-state index is 0.0192. The molecule has 2 aliphatic rings. The Hall–Kier alpha value is -0.980. The lowest BCUT2D eigenvalue weighted by Crippen LogP contribution is -2.40. The fourth-order valence-electron chi connectivity index (χ4n) is 3.71. The molecule has 1 aromatic carbocycles. The number of nitrogens with zero attached hydrogens (tertiary/aromatic N) is 1. The molecule has 0 spiro atoms. The summed E-state index contributed by atoms with van der Waals surface area (Å²) < 4.78 is 40.9. The number of rotatable bonds is 6. The molecule has 1 saturated carbocycles. The third-order valence-electron chi connectivity index (χ3n) is 5.06. The van der Waals surface area contributed by atoms with Crippen LogP contribution in [0.3, 0.4) is 0 Å². The molecule has 0 aromatic heterocycles. The van der Waals surface area contributed by atoms with Crippen LogP contribution in [0.4, 0.5) is 4.39 Å². The SMILES string of the molecule is O=S(=O)(NCC(c1ccc(F)cc1)N1CCCC1)C1CCCC1. The van der Waals surface area contributed by atoms with Crippen LogP contribution in [-0.4, -0.2) is 38.2 Å². The molecule has 1 saturated heterocycles. The van der Waals surface area contributed by atoms with E-state index in [1.165, 1.54) is 12.1 Å². The quantitative estimate of drug-likeness (QED) is 0.866. The van der Waals surface area contributed by atoms with E-state index in [1.807, 2.05) is 0 Å². The minimum Gasteiger partial charge on any atom is -0.295 e. The third-order valence-corrected chi connectivity index (χ3v) is 6.97. The largest absolute Gasteiger partial charge is 0.295 e. The second-order valence-corrected chi connectivity index (χ2v) is 8.66. The summed E-state index contributed by atoms with van der Waals surface area (Å²) in [5.74, 6) is -0.263. The summed E-state index contributed by atoms with van der Waals surface area (Å²) in [6, 6.07) is 6.41. The number of likely N-dealkylation sites (tertiary alicyclic amines) is 1. The normalized spacial score (nSPS) is 21.8. The molecule has 0 amide bonds. The van der Waals surface area contributed by atoms with Gasteiger partial charge in [-0.15, -0.1) is 0 Å². The zero-order valence-electron chi connectivity index (χ0n) is 13.4. The number of benzene rings is 1. The summed E-state index contributed by atoms with van der Waals surface area (Å²) in [6.45, 7) is 2.30. The van der Waals surface area contributed by atoms with Crippen molar-refractivity contribution in [3.8, 4) is 0 Å². The van der Waals surface area contributed by atoms with E-state index in [4.69, 9.17) is 0 Å². The Labute approximate surface area is 138 Å². The van der Waals surface area contributed by atoms with Crippen molar-refractivity contribution in [3.05, 3.63) is 35.6 Å². The smallest absolute Gasteiger partial charge is 0.214 e. The summed E-state index contributed by atoms with van der Waals surface area (Å²) in [7, 11) is -3.25. The summed E-state index contributed by atoms with van der Waals surface area (Å²) >= 11 is 0. The summed E-state index contributed by atoms with van der Waals surface area (Å²) in [4.78, 5) is 2.30. The Morgan fingerprint density at radius 1 is 1.09 bits per heavy atom. The average Bonchev–Trinajstić information content (AvgIpc) is 3.23. The predicted molar refractivity (Wildman–Crippen MR) is 89.1 cm³/mol. The van der Waals surface area contributed by atoms with Crippen molar-refractivity contribution >= 4 is 10.0 Å². The summed E-state index contributed by atoms with van der Waals surface area (Å²) in [5, 5.41) is -0.241. The second kappa shape index (κ2) is 7.28. The van der Waals surface area contributed by atoms with Gasteiger partial charge in [0, 0.05) is 12.6 Å². The van der Waals surface area contributed by atoms with Crippen LogP contribution in [-0.2, 0) is 10.0 Å². The molecule has 128 valence electrons. The number of sulfonamides is 1. The first-order chi connectivity index (χ1) is 11.1. The number of hydrogen-bond donors (Lipinski definition) is 1. The van der Waals surface area contributed by atoms with Crippen LogP contribution in [0.1, 0.15) is 50.1 Å². The van der Waals surface area contributed by atoms with Crippen LogP contribution in [0.25, 0.3) is 0 Å². The molecule has 6 heteroatoms. The number of nitrogens with one attached hydrogen (secondary N) is 1. The van der Waals surface area contributed by atoms with Gasteiger partial charge in [-0.2, -0.15) is 0 Å². The minimum atomic E-state index is -3.25. The van der Waals surface area contributed by atoms with Gasteiger partial charge in [0.1, 0.15) is 5.82 Å². The van der Waals surface area contributed by atoms with Crippen molar-refractivity contribution in [1.82, 2.24) is 9.62 Å². The third kappa shape index (κ3) is 4.11. The molecule has 1 aliphatic carbocycles. The van der Waals surface area contributed by atoms with E-state index in [9.17, 15) is 12.8 Å². The van der Waals surface area contributed by atoms with Gasteiger partial charge in [-0.05, 0) is 56.5 Å². The van der Waals surface area contributed by atoms with Gasteiger partial charge in [-0.25, -0.2) is 17.5 Å². The Kier molecular flexibility index (Phi) is 5.34. The summed E-state index contributed by atoms with van der Waals surface area (Å²) in [5.41, 5.74) is 0.974. The van der Waals surface area contributed by atoms with E-state index in [2.05, 4.69) is 9.62 Å². The maximum absolute atomic E-state index is 13.2. The molecule has 23 heavy (non-hydrogen) atoms. The van der Waals surface area contributed by atoms with Crippen molar-refractivity contribution < 1.29 is 12.8 Å². The maximum atomic E-state index is 13.2. The fourth-order valence-corrected chi connectivity index (χ4v) is 5.29. The first-order valence-corrected chi connectivity index (χ1v) is 10.1. The van der Waals surface area contributed by atoms with Crippen LogP contribution in [0, 0.1) is 5.82 Å². The molecule has 3 rings (SSSR count). The molecule has 2 fully saturated rings. The van der Waals surface area contributed by atoms with Crippen molar-refractivity contribution in [2.75, 3.05) is 19.6 Å². The molecule has 0 bridgehead atoms. The van der Waals surface area contributed by atoms with E-state index in [0.717, 1.165) is 57.2 Å². The zero-order valence-corrected chi connectivity index (χ0v) is 14.2. The average molecular weight is 340 g/mol. The monoisotopic (exact) mass is 340 g/mol. The van der Waals surface area contributed by atoms with Crippen molar-refractivity contribution in [2.24, 2.45) is 0 Å². The Morgan fingerprint density at radius 2 is 1.70 bits per heavy atom. The molecular weight excluding hydrogens is 315 g/mol. The van der Waals surface area contributed by atoms with Crippen molar-refractivity contribution in [2.45, 2.75) is 49.8 Å². The van der Waals surface area contributed by atoms with Crippen LogP contribution < -0.4 is 4.72 Å². The van der Waals surface area contributed by atoms with Gasteiger partial charge in [-0.3, -0.25) is 4.90 Å². The predicted octanol–water partition coefficient (Wildman–Crippen LogP) is 2.82. The second-order valence-electron chi connectivity index (χ2n) is 6.61. The lowest BCUT2D eigenvalue weighted by atomic mass is 10.1. The Bertz CT molecular complexity index is 606. The number of halogens is 1. The first-order valence-electron chi connectivity index (χ1n) is 8.54. The van der Waals surface area contributed by atoms with Gasteiger partial charge in [0.25, 0.3) is 0 Å². The molecule has 4 nitrogen and oxygen atoms in total. The molecular formula is C17H25FN2O2S. The van der Waals surface area contributed by atoms with Crippen molar-refractivity contribution in [1.29, 1.82) is 0 Å². The highest BCUT2D eigenvalue weighted by molar-refractivity contribution is 7.90. The Balaban J connectivity index is 1.72. The van der Waals surface area contributed by atoms with E-state index < -0.39 is 10.0 Å². The molecule has 1 unspecified atom stereocenters. The van der Waals surface area contributed by atoms with Crippen LogP contribution in [0.5, 0.6) is 0 Å². The van der Waals surface area contributed by atoms with Crippen LogP contribution in [0.2, 0.25) is 0 Å². The lowest BCUT2D eigenvalue weighted by Gasteiger charge is -2.28. The number of hydrogen-bond acceptors (Lipinski definition) is 3. The van der Waals surface area contributed by atoms with E-state index in [1.54, 1.807) is 12.1 Å². The van der Waals surface area contributed by atoms with Gasteiger partial charge in [-0.1, -0.05) is 25.0 Å². The van der Waals surface area contributed by atoms with Gasteiger partial charge in [0.05, 0.1) is 5.25 Å². The molecule has 1 atom stereocenters. The van der Waals surface area contributed by atoms with Crippen LogP contribution in [0.15, 0.2) is 24.3 Å². The molecule has 0 radical (unpaired) electrons. The fraction of sp³-hybridized carbons (Fsp3) is 0.647. The van der Waals surface area contributed by atoms with E-state index in [-0.39, 0.29) is 17.1 Å². The highest BCUT2D eigenvalue weighted by Gasteiger charge is 2.31. The van der Waals surface area contributed by atoms with Gasteiger partial charge < -0.3 is 0 Å². The zero-order chi connectivity index (χ0) is 16.3. The molecule has 1 aromatic rings. The topological polar surface area (TPSA) is 49.4 Å². The highest BCUT2D eigenvalue weighted by atomic mass is 32.2.